The number of halogens is 7. The van der Waals surface area contributed by atoms with E-state index in [0.29, 0.717) is 24.3 Å². The zero-order valence-electron chi connectivity index (χ0n) is 23.6. The highest BCUT2D eigenvalue weighted by Crippen LogP contribution is 2.51. The van der Waals surface area contributed by atoms with Crippen LogP contribution in [0.2, 0.25) is 0 Å². The van der Waals surface area contributed by atoms with E-state index in [1.54, 1.807) is 0 Å². The lowest BCUT2D eigenvalue weighted by Crippen LogP contribution is -2.57. The minimum atomic E-state index is -6.19. The molecule has 0 saturated carbocycles. The summed E-state index contributed by atoms with van der Waals surface area (Å²) < 4.78 is 121. The van der Waals surface area contributed by atoms with Crippen LogP contribution in [0.4, 0.5) is 30.7 Å². The maximum atomic E-state index is 14.1. The van der Waals surface area contributed by atoms with Crippen LogP contribution in [0, 0.1) is 11.2 Å². The first-order valence-electron chi connectivity index (χ1n) is 13.5. The quantitative estimate of drug-likeness (QED) is 0.276. The van der Waals surface area contributed by atoms with Gasteiger partial charge in [0.05, 0.1) is 4.90 Å². The summed E-state index contributed by atoms with van der Waals surface area (Å²) in [6.45, 7) is 0.281. The first-order valence-corrected chi connectivity index (χ1v) is 14.9. The van der Waals surface area contributed by atoms with Gasteiger partial charge in [0.25, 0.3) is 5.60 Å². The van der Waals surface area contributed by atoms with E-state index in [4.69, 9.17) is 5.73 Å². The van der Waals surface area contributed by atoms with Crippen LogP contribution in [0.25, 0.3) is 0 Å². The number of piperidine rings is 1. The van der Waals surface area contributed by atoms with Gasteiger partial charge in [-0.25, -0.2) is 12.8 Å². The number of hydrogen-bond donors (Lipinski definition) is 2. The van der Waals surface area contributed by atoms with Crippen molar-refractivity contribution in [1.29, 1.82) is 0 Å². The summed E-state index contributed by atoms with van der Waals surface area (Å²) in [5.74, 6) is -2.97. The number of sulfone groups is 1. The molecular weight excluding hydrogens is 639 g/mol. The molecule has 2 aliphatic heterocycles. The Morgan fingerprint density at radius 1 is 0.822 bits per heavy atom. The summed E-state index contributed by atoms with van der Waals surface area (Å²) in [6, 6.07) is 5.46. The number of nitrogens with two attached hydrogens (primary N) is 1. The van der Waals surface area contributed by atoms with Crippen LogP contribution in [-0.4, -0.2) is 79.6 Å². The topological polar surface area (TPSA) is 138 Å². The van der Waals surface area contributed by atoms with Crippen molar-refractivity contribution < 1.29 is 58.6 Å². The fourth-order valence-corrected chi connectivity index (χ4v) is 8.06. The molecule has 2 heterocycles. The van der Waals surface area contributed by atoms with E-state index in [9.17, 15) is 58.6 Å². The van der Waals surface area contributed by atoms with Gasteiger partial charge in [-0.15, -0.1) is 0 Å². The average molecular weight is 668 g/mol. The Kier molecular flexibility index (Phi) is 8.54. The van der Waals surface area contributed by atoms with Gasteiger partial charge in [-0.05, 0) is 49.1 Å². The number of rotatable bonds is 6. The number of carbonyl (C=O) groups excluding carboxylic acids is 3. The molecule has 2 aliphatic rings. The second-order valence-electron chi connectivity index (χ2n) is 11.2. The molecule has 2 fully saturated rings. The smallest absolute Gasteiger partial charge is 0.369 e. The minimum Gasteiger partial charge on any atom is -0.369 e. The van der Waals surface area contributed by atoms with Crippen molar-refractivity contribution in [3.63, 3.8) is 0 Å². The molecule has 17 heteroatoms. The Hall–Kier alpha value is -3.73. The van der Waals surface area contributed by atoms with Crippen molar-refractivity contribution in [3.05, 3.63) is 65.5 Å². The van der Waals surface area contributed by atoms with Crippen LogP contribution in [0.5, 0.6) is 0 Å². The molecular formula is C28H28F7N3O6S. The molecule has 2 aromatic carbocycles. The number of likely N-dealkylation sites (tertiary alicyclic amines) is 2. The largest absolute Gasteiger partial charge is 0.430 e. The van der Waals surface area contributed by atoms with Crippen LogP contribution in [0.3, 0.4) is 0 Å². The average Bonchev–Trinajstić information content (AvgIpc) is 3.43. The molecule has 0 aromatic heterocycles. The molecule has 0 aliphatic carbocycles. The van der Waals surface area contributed by atoms with Crippen molar-refractivity contribution in [2.75, 3.05) is 26.2 Å². The number of nitrogens with zero attached hydrogens (tertiary/aromatic N) is 2. The number of carbonyl (C=O) groups is 3. The molecule has 2 aromatic rings. The van der Waals surface area contributed by atoms with E-state index >= 15 is 0 Å². The van der Waals surface area contributed by atoms with Gasteiger partial charge in [0.15, 0.2) is 9.84 Å². The van der Waals surface area contributed by atoms with E-state index < -0.39 is 79.0 Å². The predicted octanol–water partition coefficient (Wildman–Crippen LogP) is 3.15. The summed E-state index contributed by atoms with van der Waals surface area (Å²) in [7, 11) is -4.67. The Morgan fingerprint density at radius 2 is 1.31 bits per heavy atom. The van der Waals surface area contributed by atoms with Gasteiger partial charge >= 0.3 is 12.4 Å². The molecule has 45 heavy (non-hydrogen) atoms. The van der Waals surface area contributed by atoms with E-state index in [-0.39, 0.29) is 43.9 Å². The molecule has 0 spiro atoms. The molecule has 3 N–H and O–H groups in total. The van der Waals surface area contributed by atoms with Crippen molar-refractivity contribution in [2.45, 2.75) is 53.8 Å². The van der Waals surface area contributed by atoms with Crippen LogP contribution < -0.4 is 5.73 Å². The number of alkyl halides is 6. The molecule has 246 valence electrons. The lowest BCUT2D eigenvalue weighted by atomic mass is 9.76. The molecule has 0 radical (unpaired) electrons. The monoisotopic (exact) mass is 667 g/mol. The Balaban J connectivity index is 1.81. The fraction of sp³-hybridized carbons (Fsp3) is 0.464. The maximum absolute atomic E-state index is 14.1. The number of hydrogen-bond acceptors (Lipinski definition) is 6. The number of benzene rings is 2. The Morgan fingerprint density at radius 3 is 1.76 bits per heavy atom. The highest BCUT2D eigenvalue weighted by molar-refractivity contribution is 7.92. The van der Waals surface area contributed by atoms with Gasteiger partial charge in [0.1, 0.15) is 16.0 Å². The summed E-state index contributed by atoms with van der Waals surface area (Å²) in [4.78, 5) is 40.3. The molecule has 3 amide bonds. The molecule has 1 atom stereocenters. The van der Waals surface area contributed by atoms with E-state index in [1.165, 1.54) is 11.8 Å². The molecule has 0 unspecified atom stereocenters. The van der Waals surface area contributed by atoms with Gasteiger partial charge in [-0.2, -0.15) is 26.3 Å². The van der Waals surface area contributed by atoms with E-state index in [0.717, 1.165) is 29.2 Å². The van der Waals surface area contributed by atoms with Crippen molar-refractivity contribution in [1.82, 2.24) is 9.80 Å². The second kappa shape index (κ2) is 11.3. The lowest BCUT2D eigenvalue weighted by Gasteiger charge is -2.40. The number of amides is 3. The lowest BCUT2D eigenvalue weighted by molar-refractivity contribution is -0.376. The zero-order valence-corrected chi connectivity index (χ0v) is 24.4. The normalized spacial score (nSPS) is 21.1. The fourth-order valence-electron chi connectivity index (χ4n) is 5.98. The maximum Gasteiger partial charge on any atom is 0.430 e. The van der Waals surface area contributed by atoms with Crippen molar-refractivity contribution >= 4 is 27.6 Å². The summed E-state index contributed by atoms with van der Waals surface area (Å²) in [6.07, 6.45) is -13.1. The highest BCUT2D eigenvalue weighted by Gasteiger charge is 2.71. The van der Waals surface area contributed by atoms with E-state index in [2.05, 4.69) is 0 Å². The van der Waals surface area contributed by atoms with Gasteiger partial charge in [-0.1, -0.05) is 24.3 Å². The molecule has 9 nitrogen and oxygen atoms in total. The van der Waals surface area contributed by atoms with Crippen molar-refractivity contribution in [3.8, 4) is 0 Å². The van der Waals surface area contributed by atoms with Crippen LogP contribution in [-0.2, 0) is 34.6 Å². The first kappa shape index (κ1) is 34.1. The Bertz CT molecular complexity index is 1570. The van der Waals surface area contributed by atoms with Gasteiger partial charge in [0.2, 0.25) is 17.7 Å². The zero-order chi connectivity index (χ0) is 33.8. The highest BCUT2D eigenvalue weighted by atomic mass is 32.2. The van der Waals surface area contributed by atoms with Crippen LogP contribution >= 0.6 is 0 Å². The molecule has 2 saturated heterocycles. The first-order chi connectivity index (χ1) is 20.6. The van der Waals surface area contributed by atoms with Gasteiger partial charge in [0, 0.05) is 38.7 Å². The minimum absolute atomic E-state index is 0.000340. The Labute approximate surface area is 252 Å². The van der Waals surface area contributed by atoms with Crippen LogP contribution in [0.1, 0.15) is 37.3 Å². The molecule has 0 bridgehead atoms. The third-order valence-electron chi connectivity index (χ3n) is 8.75. The number of aliphatic hydroxyl groups is 1. The SMILES string of the molecule is CC(=O)N1CCC(C(N)=O)(C(=O)N2CC[C@](c3ccc(C(O)(C(F)(F)F)C(F)(F)F)cc3)(S(=O)(=O)c3ccc(F)cc3)C2)CC1. The summed E-state index contributed by atoms with van der Waals surface area (Å²) >= 11 is 0. The summed E-state index contributed by atoms with van der Waals surface area (Å²) in [5, 5.41) is 9.81. The van der Waals surface area contributed by atoms with Crippen molar-refractivity contribution in [2.24, 2.45) is 11.1 Å². The van der Waals surface area contributed by atoms with Gasteiger partial charge in [-0.3, -0.25) is 14.4 Å². The third-order valence-corrected chi connectivity index (χ3v) is 11.2. The number of primary amides is 1. The summed E-state index contributed by atoms with van der Waals surface area (Å²) in [5.41, 5.74) is -3.41. The third kappa shape index (κ3) is 5.42. The predicted molar refractivity (Wildman–Crippen MR) is 142 cm³/mol. The standard InChI is InChI=1S/C28H28F7N3O6S/c1-17(39)37-13-10-24(11-14-37,22(36)40)23(41)38-15-12-25(16-38,45(43,44)21-8-6-20(29)7-9-21)18-2-4-19(5-3-18)26(42,27(30,31)32)28(33,34)35/h2-9,42H,10-16H2,1H3,(H2,36,40)/t25-/m0/s1. The van der Waals surface area contributed by atoms with Gasteiger partial charge < -0.3 is 20.6 Å². The second-order valence-corrected chi connectivity index (χ2v) is 13.4. The molecule has 4 rings (SSSR count). The van der Waals surface area contributed by atoms with Crippen LogP contribution in [0.15, 0.2) is 53.4 Å². The van der Waals surface area contributed by atoms with E-state index in [1.807, 2.05) is 0 Å².